The van der Waals surface area contributed by atoms with E-state index in [9.17, 15) is 4.79 Å². The molecular formula is C26H37Cl2N5O. The van der Waals surface area contributed by atoms with Crippen molar-refractivity contribution >= 4 is 34.9 Å². The van der Waals surface area contributed by atoms with Crippen LogP contribution in [0.15, 0.2) is 36.5 Å². The minimum atomic E-state index is -0.140. The second-order valence-electron chi connectivity index (χ2n) is 9.42. The van der Waals surface area contributed by atoms with E-state index in [1.165, 1.54) is 18.4 Å². The standard InChI is InChI=1S/C26H35Cl2N5O.H2/c1-4-29-26(34)21-15-24(28)25(30-16-21)32-13-14-33(18(2)17-32)23-9-11-31(12-10-23)19(3)20-5-7-22(27)8-6-20;/h5-8,15-16,18-19,23H,4,9-14,17H2,1-3H3,(H,29,34);1H/t18-,19-;/m0./s1. The number of benzene rings is 1. The lowest BCUT2D eigenvalue weighted by atomic mass is 9.97. The number of nitrogens with one attached hydrogen (secondary N) is 1. The molecule has 2 saturated heterocycles. The van der Waals surface area contributed by atoms with Gasteiger partial charge in [0.25, 0.3) is 5.91 Å². The zero-order chi connectivity index (χ0) is 24.2. The number of carbonyl (C=O) groups is 1. The highest BCUT2D eigenvalue weighted by atomic mass is 35.5. The quantitative estimate of drug-likeness (QED) is 0.590. The van der Waals surface area contributed by atoms with Crippen LogP contribution in [-0.2, 0) is 0 Å². The van der Waals surface area contributed by atoms with Crippen LogP contribution in [0, 0.1) is 0 Å². The largest absolute Gasteiger partial charge is 0.353 e. The molecule has 1 aromatic carbocycles. The van der Waals surface area contributed by atoms with Crippen molar-refractivity contribution < 1.29 is 6.22 Å². The summed E-state index contributed by atoms with van der Waals surface area (Å²) in [5.74, 6) is 0.631. The van der Waals surface area contributed by atoms with Gasteiger partial charge in [-0.15, -0.1) is 0 Å². The summed E-state index contributed by atoms with van der Waals surface area (Å²) < 4.78 is 0. The fourth-order valence-corrected chi connectivity index (χ4v) is 5.73. The number of amides is 1. The summed E-state index contributed by atoms with van der Waals surface area (Å²) in [6.07, 6.45) is 3.99. The number of anilines is 1. The molecular weight excluding hydrogens is 469 g/mol. The van der Waals surface area contributed by atoms with E-state index in [-0.39, 0.29) is 7.33 Å². The molecule has 2 atom stereocenters. The molecule has 6 nitrogen and oxygen atoms in total. The van der Waals surface area contributed by atoms with Crippen LogP contribution in [-0.4, -0.2) is 72.0 Å². The van der Waals surface area contributed by atoms with Crippen LogP contribution in [0.5, 0.6) is 0 Å². The summed E-state index contributed by atoms with van der Waals surface area (Å²) >= 11 is 12.6. The van der Waals surface area contributed by atoms with Crippen molar-refractivity contribution in [1.82, 2.24) is 20.1 Å². The minimum absolute atomic E-state index is 0. The van der Waals surface area contributed by atoms with Crippen molar-refractivity contribution in [3.63, 3.8) is 0 Å². The van der Waals surface area contributed by atoms with E-state index in [2.05, 4.69) is 51.0 Å². The maximum atomic E-state index is 12.1. The predicted octanol–water partition coefficient (Wildman–Crippen LogP) is 5.12. The maximum absolute atomic E-state index is 12.1. The normalized spacial score (nSPS) is 21.4. The van der Waals surface area contributed by atoms with Gasteiger partial charge in [-0.05, 0) is 57.4 Å². The summed E-state index contributed by atoms with van der Waals surface area (Å²) in [6.45, 7) is 12.0. The molecule has 8 heteroatoms. The molecule has 0 radical (unpaired) electrons. The number of nitrogens with zero attached hydrogens (tertiary/aromatic N) is 4. The van der Waals surface area contributed by atoms with Crippen molar-refractivity contribution in [2.75, 3.05) is 44.2 Å². The number of aromatic nitrogens is 1. The van der Waals surface area contributed by atoms with Gasteiger partial charge < -0.3 is 10.2 Å². The first-order chi connectivity index (χ1) is 16.4. The lowest BCUT2D eigenvalue weighted by Crippen LogP contribution is -2.57. The van der Waals surface area contributed by atoms with Gasteiger partial charge in [-0.1, -0.05) is 35.3 Å². The van der Waals surface area contributed by atoms with Gasteiger partial charge in [-0.2, -0.15) is 0 Å². The Morgan fingerprint density at radius 3 is 2.50 bits per heavy atom. The summed E-state index contributed by atoms with van der Waals surface area (Å²) in [6, 6.07) is 11.4. The van der Waals surface area contributed by atoms with E-state index in [0.717, 1.165) is 43.6 Å². The van der Waals surface area contributed by atoms with Crippen LogP contribution < -0.4 is 10.2 Å². The average molecular weight is 507 g/mol. The van der Waals surface area contributed by atoms with E-state index in [4.69, 9.17) is 23.2 Å². The van der Waals surface area contributed by atoms with E-state index >= 15 is 0 Å². The Kier molecular flexibility index (Phi) is 8.35. The fraction of sp³-hybridized carbons (Fsp3) is 0.538. The fourth-order valence-electron chi connectivity index (χ4n) is 5.31. The zero-order valence-electron chi connectivity index (χ0n) is 20.3. The summed E-state index contributed by atoms with van der Waals surface area (Å²) in [5.41, 5.74) is 1.83. The number of likely N-dealkylation sites (tertiary alicyclic amines) is 1. The molecule has 2 aromatic rings. The van der Waals surface area contributed by atoms with Crippen molar-refractivity contribution in [3.8, 4) is 0 Å². The van der Waals surface area contributed by atoms with Gasteiger partial charge >= 0.3 is 0 Å². The molecule has 186 valence electrons. The number of piperidine rings is 1. The number of hydrogen-bond donors (Lipinski definition) is 1. The zero-order valence-corrected chi connectivity index (χ0v) is 21.8. The Labute approximate surface area is 214 Å². The van der Waals surface area contributed by atoms with Crippen LogP contribution in [0.1, 0.15) is 57.0 Å². The second kappa shape index (κ2) is 11.3. The van der Waals surface area contributed by atoms with Gasteiger partial charge in [0.15, 0.2) is 0 Å². The first kappa shape index (κ1) is 25.2. The van der Waals surface area contributed by atoms with Gasteiger partial charge in [0, 0.05) is 70.0 Å². The first-order valence-electron chi connectivity index (χ1n) is 12.3. The molecule has 0 bridgehead atoms. The molecule has 2 aliphatic heterocycles. The molecule has 0 saturated carbocycles. The predicted molar refractivity (Wildman–Crippen MR) is 142 cm³/mol. The molecule has 0 unspecified atom stereocenters. The number of rotatable bonds is 6. The van der Waals surface area contributed by atoms with Crippen LogP contribution in [0.25, 0.3) is 0 Å². The molecule has 34 heavy (non-hydrogen) atoms. The molecule has 2 fully saturated rings. The van der Waals surface area contributed by atoms with Crippen molar-refractivity contribution in [3.05, 3.63) is 57.7 Å². The van der Waals surface area contributed by atoms with Crippen LogP contribution >= 0.6 is 23.2 Å². The number of piperazine rings is 1. The third-order valence-corrected chi connectivity index (χ3v) is 7.80. The third-order valence-electron chi connectivity index (χ3n) is 7.27. The van der Waals surface area contributed by atoms with Crippen LogP contribution in [0.2, 0.25) is 10.0 Å². The van der Waals surface area contributed by atoms with Crippen molar-refractivity contribution in [1.29, 1.82) is 0 Å². The SMILES string of the molecule is CCNC(=O)c1cnc(N2CCN(C3CCN([C@@H](C)c4ccc(Cl)cc4)CC3)[C@@H](C)C2)c(Cl)c1.[HH]. The lowest BCUT2D eigenvalue weighted by Gasteiger charge is -2.47. The summed E-state index contributed by atoms with van der Waals surface area (Å²) in [4.78, 5) is 24.1. The number of pyridine rings is 1. The molecule has 1 aromatic heterocycles. The van der Waals surface area contributed by atoms with Crippen molar-refractivity contribution in [2.45, 2.75) is 51.7 Å². The second-order valence-corrected chi connectivity index (χ2v) is 10.3. The van der Waals surface area contributed by atoms with E-state index in [1.807, 2.05) is 19.1 Å². The smallest absolute Gasteiger partial charge is 0.252 e. The Balaban J connectivity index is 0.00000342. The Hall–Kier alpha value is -1.86. The van der Waals surface area contributed by atoms with Crippen LogP contribution in [0.4, 0.5) is 5.82 Å². The Morgan fingerprint density at radius 1 is 1.18 bits per heavy atom. The topological polar surface area (TPSA) is 51.7 Å². The van der Waals surface area contributed by atoms with E-state index in [1.54, 1.807) is 12.3 Å². The summed E-state index contributed by atoms with van der Waals surface area (Å²) in [7, 11) is 0. The van der Waals surface area contributed by atoms with Crippen LogP contribution in [0.3, 0.4) is 0 Å². The third kappa shape index (κ3) is 5.68. The van der Waals surface area contributed by atoms with Gasteiger partial charge in [-0.3, -0.25) is 14.6 Å². The molecule has 0 spiro atoms. The molecule has 4 rings (SSSR count). The highest BCUT2D eigenvalue weighted by Gasteiger charge is 2.33. The molecule has 1 N–H and O–H groups in total. The summed E-state index contributed by atoms with van der Waals surface area (Å²) in [5, 5.41) is 4.12. The van der Waals surface area contributed by atoms with E-state index in [0.29, 0.717) is 35.3 Å². The minimum Gasteiger partial charge on any atom is -0.353 e. The highest BCUT2D eigenvalue weighted by molar-refractivity contribution is 6.33. The molecule has 1 amide bonds. The Morgan fingerprint density at radius 2 is 1.88 bits per heavy atom. The number of hydrogen-bond acceptors (Lipinski definition) is 5. The van der Waals surface area contributed by atoms with Crippen molar-refractivity contribution in [2.24, 2.45) is 0 Å². The van der Waals surface area contributed by atoms with E-state index < -0.39 is 0 Å². The molecule has 0 aliphatic carbocycles. The number of halogens is 2. The molecule has 2 aliphatic rings. The van der Waals surface area contributed by atoms with Gasteiger partial charge in [-0.25, -0.2) is 4.98 Å². The van der Waals surface area contributed by atoms with Gasteiger partial charge in [0.1, 0.15) is 5.82 Å². The molecule has 3 heterocycles. The first-order valence-corrected chi connectivity index (χ1v) is 13.1. The average Bonchev–Trinajstić information content (AvgIpc) is 2.84. The van der Waals surface area contributed by atoms with Gasteiger partial charge in [0.05, 0.1) is 10.6 Å². The maximum Gasteiger partial charge on any atom is 0.252 e. The number of carbonyl (C=O) groups excluding carboxylic acids is 1. The Bertz CT molecular complexity index is 984. The monoisotopic (exact) mass is 505 g/mol. The lowest BCUT2D eigenvalue weighted by molar-refractivity contribution is 0.0583. The van der Waals surface area contributed by atoms with Gasteiger partial charge in [0.2, 0.25) is 0 Å². The highest BCUT2D eigenvalue weighted by Crippen LogP contribution is 2.31.